The van der Waals surface area contributed by atoms with Gasteiger partial charge >= 0.3 is 5.97 Å². The van der Waals surface area contributed by atoms with E-state index in [9.17, 15) is 14.4 Å². The van der Waals surface area contributed by atoms with Crippen LogP contribution in [0.2, 0.25) is 0 Å². The maximum Gasteiger partial charge on any atom is 0.354 e. The Bertz CT molecular complexity index is 1080. The van der Waals surface area contributed by atoms with Crippen molar-refractivity contribution in [2.75, 3.05) is 7.11 Å². The molecule has 0 unspecified atom stereocenters. The van der Waals surface area contributed by atoms with Crippen molar-refractivity contribution in [1.29, 1.82) is 0 Å². The number of carbonyl (C=O) groups is 2. The number of nitrogens with one attached hydrogen (secondary N) is 2. The quantitative estimate of drug-likeness (QED) is 0.527. The second kappa shape index (κ2) is 8.22. The van der Waals surface area contributed by atoms with E-state index in [0.29, 0.717) is 16.9 Å². The second-order valence-corrected chi connectivity index (χ2v) is 6.00. The van der Waals surface area contributed by atoms with Gasteiger partial charge in [0.2, 0.25) is 0 Å². The molecule has 3 rings (SSSR count). The Kier molecular flexibility index (Phi) is 5.55. The first-order chi connectivity index (χ1) is 13.5. The van der Waals surface area contributed by atoms with Crippen LogP contribution in [-0.4, -0.2) is 28.8 Å². The van der Waals surface area contributed by atoms with Gasteiger partial charge in [0.15, 0.2) is 0 Å². The van der Waals surface area contributed by atoms with Crippen molar-refractivity contribution >= 4 is 18.0 Å². The number of hydrogen-bond acceptors (Lipinski definition) is 4. The Morgan fingerprint density at radius 2 is 1.64 bits per heavy atom. The van der Waals surface area contributed by atoms with Crippen molar-refractivity contribution < 1.29 is 14.3 Å². The van der Waals surface area contributed by atoms with E-state index in [-0.39, 0.29) is 16.8 Å². The fourth-order valence-corrected chi connectivity index (χ4v) is 2.67. The van der Waals surface area contributed by atoms with Gasteiger partial charge in [0.25, 0.3) is 11.5 Å². The van der Waals surface area contributed by atoms with Crippen LogP contribution in [0.1, 0.15) is 21.6 Å². The lowest BCUT2D eigenvalue weighted by molar-refractivity contribution is -0.136. The highest BCUT2D eigenvalue weighted by molar-refractivity contribution is 6.03. The molecule has 0 aliphatic carbocycles. The third-order valence-corrected chi connectivity index (χ3v) is 4.11. The third-order valence-electron chi connectivity index (χ3n) is 4.11. The molecule has 0 aliphatic rings. The zero-order valence-corrected chi connectivity index (χ0v) is 15.4. The fraction of sp³-hybridized carbons (Fsp3) is 0.0952. The standard InChI is InChI=1S/C21H19N3O4/c1-14-17(20(26)24(23-14)16-11-7-4-8-12-16)13-18(21(27)28-2)22-19(25)15-9-5-3-6-10-15/h3-13,23H,1-2H3,(H,22,25)/b18-13-. The summed E-state index contributed by atoms with van der Waals surface area (Å²) in [5.74, 6) is -1.23. The molecule has 0 aliphatic heterocycles. The van der Waals surface area contributed by atoms with Gasteiger partial charge in [0.05, 0.1) is 18.4 Å². The van der Waals surface area contributed by atoms with Gasteiger partial charge < -0.3 is 10.1 Å². The van der Waals surface area contributed by atoms with E-state index in [1.54, 1.807) is 49.4 Å². The molecule has 2 aromatic carbocycles. The van der Waals surface area contributed by atoms with E-state index in [0.717, 1.165) is 0 Å². The summed E-state index contributed by atoms with van der Waals surface area (Å²) in [4.78, 5) is 37.4. The van der Waals surface area contributed by atoms with Crippen LogP contribution < -0.4 is 10.9 Å². The molecule has 3 aromatic rings. The van der Waals surface area contributed by atoms with E-state index in [2.05, 4.69) is 10.4 Å². The number of H-pyrrole nitrogens is 1. The van der Waals surface area contributed by atoms with E-state index < -0.39 is 11.9 Å². The van der Waals surface area contributed by atoms with Crippen LogP contribution >= 0.6 is 0 Å². The number of esters is 1. The number of aromatic amines is 1. The SMILES string of the molecule is COC(=O)/C(=C/c1c(C)[nH]n(-c2ccccc2)c1=O)NC(=O)c1ccccc1. The number of ether oxygens (including phenoxy) is 1. The monoisotopic (exact) mass is 377 g/mol. The van der Waals surface area contributed by atoms with E-state index in [1.807, 2.05) is 18.2 Å². The predicted molar refractivity (Wildman–Crippen MR) is 105 cm³/mol. The Balaban J connectivity index is 2.00. The lowest BCUT2D eigenvalue weighted by Gasteiger charge is -2.08. The summed E-state index contributed by atoms with van der Waals surface area (Å²) in [5, 5.41) is 5.49. The smallest absolute Gasteiger partial charge is 0.354 e. The molecule has 0 atom stereocenters. The normalized spacial score (nSPS) is 11.1. The number of methoxy groups -OCH3 is 1. The summed E-state index contributed by atoms with van der Waals surface area (Å²) in [5.41, 5.74) is 1.35. The number of hydrogen-bond donors (Lipinski definition) is 2. The van der Waals surface area contributed by atoms with E-state index in [4.69, 9.17) is 4.74 Å². The van der Waals surface area contributed by atoms with E-state index >= 15 is 0 Å². The molecule has 2 N–H and O–H groups in total. The molecule has 1 aromatic heterocycles. The van der Waals surface area contributed by atoms with Gasteiger partial charge in [0, 0.05) is 11.3 Å². The molecule has 0 fully saturated rings. The zero-order valence-electron chi connectivity index (χ0n) is 15.4. The molecule has 1 amide bonds. The minimum Gasteiger partial charge on any atom is -0.464 e. The summed E-state index contributed by atoms with van der Waals surface area (Å²) in [6.45, 7) is 1.71. The average molecular weight is 377 g/mol. The number of para-hydroxylation sites is 1. The number of aromatic nitrogens is 2. The van der Waals surface area contributed by atoms with Crippen LogP contribution in [0.3, 0.4) is 0 Å². The van der Waals surface area contributed by atoms with Crippen LogP contribution in [0.4, 0.5) is 0 Å². The molecule has 0 radical (unpaired) electrons. The minimum absolute atomic E-state index is 0.129. The van der Waals surface area contributed by atoms with Crippen molar-refractivity contribution in [3.63, 3.8) is 0 Å². The molecule has 0 saturated heterocycles. The van der Waals surface area contributed by atoms with Gasteiger partial charge in [-0.15, -0.1) is 0 Å². The first kappa shape index (κ1) is 18.9. The van der Waals surface area contributed by atoms with Crippen molar-refractivity contribution in [3.05, 3.63) is 93.5 Å². The molecular formula is C21H19N3O4. The molecule has 0 saturated carbocycles. The Hall–Kier alpha value is -3.87. The lowest BCUT2D eigenvalue weighted by Crippen LogP contribution is -2.28. The zero-order chi connectivity index (χ0) is 20.1. The van der Waals surface area contributed by atoms with E-state index in [1.165, 1.54) is 17.9 Å². The van der Waals surface area contributed by atoms with Gasteiger partial charge in [-0.3, -0.25) is 14.7 Å². The van der Waals surface area contributed by atoms with Gasteiger partial charge in [-0.05, 0) is 37.3 Å². The maximum atomic E-state index is 12.8. The number of rotatable bonds is 5. The number of nitrogens with zero attached hydrogens (tertiary/aromatic N) is 1. The first-order valence-electron chi connectivity index (χ1n) is 8.54. The Labute approximate surface area is 161 Å². The van der Waals surface area contributed by atoms with Crippen LogP contribution in [-0.2, 0) is 9.53 Å². The summed E-state index contributed by atoms with van der Waals surface area (Å²) in [6, 6.07) is 17.5. The maximum absolute atomic E-state index is 12.8. The fourth-order valence-electron chi connectivity index (χ4n) is 2.67. The van der Waals surface area contributed by atoms with Crippen LogP contribution in [0.25, 0.3) is 11.8 Å². The number of aryl methyl sites for hydroxylation is 1. The van der Waals surface area contributed by atoms with Crippen LogP contribution in [0.15, 0.2) is 71.2 Å². The van der Waals surface area contributed by atoms with Gasteiger partial charge in [0.1, 0.15) is 5.70 Å². The highest BCUT2D eigenvalue weighted by atomic mass is 16.5. The molecular weight excluding hydrogens is 358 g/mol. The molecule has 0 spiro atoms. The van der Waals surface area contributed by atoms with Crippen molar-refractivity contribution in [2.24, 2.45) is 0 Å². The van der Waals surface area contributed by atoms with Crippen LogP contribution in [0, 0.1) is 6.92 Å². The highest BCUT2D eigenvalue weighted by Gasteiger charge is 2.18. The highest BCUT2D eigenvalue weighted by Crippen LogP contribution is 2.11. The molecule has 28 heavy (non-hydrogen) atoms. The van der Waals surface area contributed by atoms with Crippen molar-refractivity contribution in [1.82, 2.24) is 15.1 Å². The summed E-state index contributed by atoms with van der Waals surface area (Å²) >= 11 is 0. The summed E-state index contributed by atoms with van der Waals surface area (Å²) in [7, 11) is 1.21. The molecule has 7 heteroatoms. The van der Waals surface area contributed by atoms with Gasteiger partial charge in [-0.25, -0.2) is 9.48 Å². The largest absolute Gasteiger partial charge is 0.464 e. The number of carbonyl (C=O) groups excluding carboxylic acids is 2. The van der Waals surface area contributed by atoms with Gasteiger partial charge in [-0.1, -0.05) is 36.4 Å². The topological polar surface area (TPSA) is 93.2 Å². The number of amides is 1. The van der Waals surface area contributed by atoms with Gasteiger partial charge in [-0.2, -0.15) is 0 Å². The Morgan fingerprint density at radius 3 is 2.25 bits per heavy atom. The minimum atomic E-state index is -0.754. The summed E-state index contributed by atoms with van der Waals surface area (Å²) in [6.07, 6.45) is 1.32. The number of benzene rings is 2. The molecule has 7 nitrogen and oxygen atoms in total. The van der Waals surface area contributed by atoms with Crippen molar-refractivity contribution in [3.8, 4) is 5.69 Å². The summed E-state index contributed by atoms with van der Waals surface area (Å²) < 4.78 is 6.12. The Morgan fingerprint density at radius 1 is 1.04 bits per heavy atom. The average Bonchev–Trinajstić information content (AvgIpc) is 3.02. The van der Waals surface area contributed by atoms with Crippen molar-refractivity contribution in [2.45, 2.75) is 6.92 Å². The molecule has 1 heterocycles. The predicted octanol–water partition coefficient (Wildman–Crippen LogP) is 2.42. The molecule has 142 valence electrons. The first-order valence-corrected chi connectivity index (χ1v) is 8.54. The van der Waals surface area contributed by atoms with Crippen LogP contribution in [0.5, 0.6) is 0 Å². The molecule has 0 bridgehead atoms. The second-order valence-electron chi connectivity index (χ2n) is 6.00. The third kappa shape index (κ3) is 3.93. The lowest BCUT2D eigenvalue weighted by atomic mass is 10.2.